The van der Waals surface area contributed by atoms with Crippen LogP contribution >= 0.6 is 0 Å². The van der Waals surface area contributed by atoms with Crippen LogP contribution in [0.5, 0.6) is 5.75 Å². The fourth-order valence-electron chi connectivity index (χ4n) is 2.55. The molecule has 0 aliphatic rings. The van der Waals surface area contributed by atoms with E-state index in [1.807, 2.05) is 74.3 Å². The topological polar surface area (TPSA) is 67.3 Å². The van der Waals surface area contributed by atoms with Crippen molar-refractivity contribution in [3.05, 3.63) is 72.7 Å². The Kier molecular flexibility index (Phi) is 5.66. The number of amides is 1. The van der Waals surface area contributed by atoms with E-state index < -0.39 is 0 Å². The van der Waals surface area contributed by atoms with Gasteiger partial charge >= 0.3 is 0 Å². The van der Waals surface area contributed by atoms with Crippen molar-refractivity contribution in [2.45, 2.75) is 20.0 Å². The Bertz CT molecular complexity index is 913. The fourth-order valence-corrected chi connectivity index (χ4v) is 2.55. The number of hydrogen-bond acceptors (Lipinski definition) is 5. The highest BCUT2D eigenvalue weighted by molar-refractivity contribution is 6.04. The predicted octanol–water partition coefficient (Wildman–Crippen LogP) is 4.28. The highest BCUT2D eigenvalue weighted by atomic mass is 16.5. The highest BCUT2D eigenvalue weighted by Gasteiger charge is 2.14. The maximum atomic E-state index is 12.7. The van der Waals surface area contributed by atoms with Gasteiger partial charge in [-0.25, -0.2) is 9.97 Å². The van der Waals surface area contributed by atoms with Gasteiger partial charge in [-0.15, -0.1) is 0 Å². The number of rotatable bonds is 6. The Balaban J connectivity index is 1.81. The van der Waals surface area contributed by atoms with Crippen LogP contribution < -0.4 is 15.0 Å². The quantitative estimate of drug-likeness (QED) is 0.709. The first-order valence-electron chi connectivity index (χ1n) is 8.72. The summed E-state index contributed by atoms with van der Waals surface area (Å²) in [5.41, 5.74) is 1.85. The van der Waals surface area contributed by atoms with Crippen LogP contribution in [0.1, 0.15) is 24.3 Å². The fraction of sp³-hybridized carbons (Fsp3) is 0.190. The molecule has 3 aromatic rings. The zero-order chi connectivity index (χ0) is 19.2. The molecule has 6 nitrogen and oxygen atoms in total. The molecule has 138 valence electrons. The van der Waals surface area contributed by atoms with Crippen molar-refractivity contribution in [2.75, 3.05) is 17.3 Å². The van der Waals surface area contributed by atoms with Gasteiger partial charge in [-0.05, 0) is 38.1 Å². The molecule has 0 aliphatic heterocycles. The molecule has 2 aromatic carbocycles. The third-order valence-corrected chi connectivity index (χ3v) is 3.87. The van der Waals surface area contributed by atoms with Crippen molar-refractivity contribution in [3.63, 3.8) is 0 Å². The van der Waals surface area contributed by atoms with Crippen molar-refractivity contribution in [2.24, 2.45) is 0 Å². The molecule has 27 heavy (non-hydrogen) atoms. The van der Waals surface area contributed by atoms with Gasteiger partial charge in [0.2, 0.25) is 0 Å². The first-order chi connectivity index (χ1) is 13.0. The molecule has 0 unspecified atom stereocenters. The molecule has 0 spiro atoms. The number of nitrogens with zero attached hydrogens (tertiary/aromatic N) is 3. The molecular weight excluding hydrogens is 340 g/mol. The van der Waals surface area contributed by atoms with Crippen LogP contribution in [0.15, 0.2) is 67.0 Å². The summed E-state index contributed by atoms with van der Waals surface area (Å²) in [6.45, 7) is 3.88. The summed E-state index contributed by atoms with van der Waals surface area (Å²) in [4.78, 5) is 23.0. The van der Waals surface area contributed by atoms with Gasteiger partial charge in [0.15, 0.2) is 0 Å². The molecule has 0 saturated heterocycles. The Morgan fingerprint density at radius 2 is 1.74 bits per heavy atom. The van der Waals surface area contributed by atoms with Crippen LogP contribution in [0.2, 0.25) is 0 Å². The average molecular weight is 362 g/mol. The van der Waals surface area contributed by atoms with E-state index in [-0.39, 0.29) is 17.7 Å². The van der Waals surface area contributed by atoms with E-state index in [1.165, 1.54) is 6.33 Å². The summed E-state index contributed by atoms with van der Waals surface area (Å²) in [6.07, 6.45) is 1.40. The minimum atomic E-state index is -0.320. The second-order valence-corrected chi connectivity index (χ2v) is 6.27. The highest BCUT2D eigenvalue weighted by Crippen LogP contribution is 2.26. The number of anilines is 3. The number of benzene rings is 2. The van der Waals surface area contributed by atoms with Crippen molar-refractivity contribution in [3.8, 4) is 5.75 Å². The molecule has 1 N–H and O–H groups in total. The van der Waals surface area contributed by atoms with E-state index in [1.54, 1.807) is 12.1 Å². The molecule has 0 aliphatic carbocycles. The van der Waals surface area contributed by atoms with Crippen LogP contribution in [-0.4, -0.2) is 29.0 Å². The van der Waals surface area contributed by atoms with Crippen LogP contribution in [0, 0.1) is 0 Å². The van der Waals surface area contributed by atoms with E-state index in [0.717, 1.165) is 5.69 Å². The summed E-state index contributed by atoms with van der Waals surface area (Å²) in [6, 6.07) is 18.8. The SMILES string of the molecule is CC(C)Oc1ccccc1NC(=O)c1cc(N(C)c2ccccc2)ncn1. The normalized spacial score (nSPS) is 10.5. The summed E-state index contributed by atoms with van der Waals surface area (Å²) < 4.78 is 5.75. The maximum Gasteiger partial charge on any atom is 0.274 e. The number of aromatic nitrogens is 2. The van der Waals surface area contributed by atoms with Gasteiger partial charge in [-0.3, -0.25) is 4.79 Å². The lowest BCUT2D eigenvalue weighted by Crippen LogP contribution is -2.18. The standard InChI is InChI=1S/C21H22N4O2/c1-15(2)27-19-12-8-7-11-17(19)24-21(26)18-13-20(23-14-22-18)25(3)16-9-5-4-6-10-16/h4-15H,1-3H3,(H,24,26). The minimum absolute atomic E-state index is 0.00762. The van der Waals surface area contributed by atoms with E-state index in [4.69, 9.17) is 4.74 Å². The van der Waals surface area contributed by atoms with Gasteiger partial charge in [0.1, 0.15) is 23.6 Å². The molecule has 1 amide bonds. The Labute approximate surface area is 158 Å². The first-order valence-corrected chi connectivity index (χ1v) is 8.72. The molecule has 6 heteroatoms. The zero-order valence-corrected chi connectivity index (χ0v) is 15.6. The van der Waals surface area contributed by atoms with Crippen molar-refractivity contribution in [1.82, 2.24) is 9.97 Å². The molecule has 0 fully saturated rings. The summed E-state index contributed by atoms with van der Waals surface area (Å²) >= 11 is 0. The average Bonchev–Trinajstić information content (AvgIpc) is 2.69. The Morgan fingerprint density at radius 3 is 2.48 bits per heavy atom. The second-order valence-electron chi connectivity index (χ2n) is 6.27. The van der Waals surface area contributed by atoms with Gasteiger partial charge in [-0.2, -0.15) is 0 Å². The summed E-state index contributed by atoms with van der Waals surface area (Å²) in [5, 5.41) is 2.87. The molecule has 0 atom stereocenters. The minimum Gasteiger partial charge on any atom is -0.489 e. The van der Waals surface area contributed by atoms with Crippen LogP contribution in [0.3, 0.4) is 0 Å². The van der Waals surface area contributed by atoms with Gasteiger partial charge in [-0.1, -0.05) is 30.3 Å². The largest absolute Gasteiger partial charge is 0.489 e. The lowest BCUT2D eigenvalue weighted by atomic mass is 10.2. The number of nitrogens with one attached hydrogen (secondary N) is 1. The van der Waals surface area contributed by atoms with E-state index >= 15 is 0 Å². The van der Waals surface area contributed by atoms with Crippen molar-refractivity contribution < 1.29 is 9.53 Å². The summed E-state index contributed by atoms with van der Waals surface area (Å²) in [7, 11) is 1.89. The Morgan fingerprint density at radius 1 is 1.04 bits per heavy atom. The van der Waals surface area contributed by atoms with Crippen LogP contribution in [0.4, 0.5) is 17.2 Å². The lowest BCUT2D eigenvalue weighted by Gasteiger charge is -2.18. The van der Waals surface area contributed by atoms with Gasteiger partial charge in [0.25, 0.3) is 5.91 Å². The third-order valence-electron chi connectivity index (χ3n) is 3.87. The van der Waals surface area contributed by atoms with E-state index in [2.05, 4.69) is 15.3 Å². The van der Waals surface area contributed by atoms with Crippen molar-refractivity contribution in [1.29, 1.82) is 0 Å². The molecule has 0 saturated carbocycles. The molecule has 3 rings (SSSR count). The monoisotopic (exact) mass is 362 g/mol. The number of para-hydroxylation sites is 3. The molecule has 0 radical (unpaired) electrons. The first kappa shape index (κ1) is 18.4. The van der Waals surface area contributed by atoms with E-state index in [9.17, 15) is 4.79 Å². The molecule has 1 heterocycles. The lowest BCUT2D eigenvalue weighted by molar-refractivity contribution is 0.102. The van der Waals surface area contributed by atoms with Crippen LogP contribution in [-0.2, 0) is 0 Å². The van der Waals surface area contributed by atoms with Gasteiger partial charge < -0.3 is 15.0 Å². The Hall–Kier alpha value is -3.41. The van der Waals surface area contributed by atoms with E-state index in [0.29, 0.717) is 17.3 Å². The molecular formula is C21H22N4O2. The summed E-state index contributed by atoms with van der Waals surface area (Å²) in [5.74, 6) is 0.935. The second kappa shape index (κ2) is 8.31. The van der Waals surface area contributed by atoms with Crippen LogP contribution in [0.25, 0.3) is 0 Å². The van der Waals surface area contributed by atoms with Crippen molar-refractivity contribution >= 4 is 23.1 Å². The smallest absolute Gasteiger partial charge is 0.274 e. The zero-order valence-electron chi connectivity index (χ0n) is 15.6. The number of carbonyl (C=O) groups is 1. The third kappa shape index (κ3) is 4.61. The van der Waals surface area contributed by atoms with Gasteiger partial charge in [0, 0.05) is 18.8 Å². The predicted molar refractivity (Wildman–Crippen MR) is 107 cm³/mol. The number of ether oxygens (including phenoxy) is 1. The number of carbonyl (C=O) groups excluding carboxylic acids is 1. The molecule has 1 aromatic heterocycles. The number of hydrogen-bond donors (Lipinski definition) is 1. The van der Waals surface area contributed by atoms with Gasteiger partial charge in [0.05, 0.1) is 11.8 Å². The maximum absolute atomic E-state index is 12.7. The molecule has 0 bridgehead atoms.